The summed E-state index contributed by atoms with van der Waals surface area (Å²) < 4.78 is 0. The van der Waals surface area contributed by atoms with Gasteiger partial charge in [-0.3, -0.25) is 0 Å². The number of nitrogens with zero attached hydrogens (tertiary/aromatic N) is 2. The Bertz CT molecular complexity index is 476. The second-order valence-corrected chi connectivity index (χ2v) is 12.9. The highest BCUT2D eigenvalue weighted by Crippen LogP contribution is 2.16. The fraction of sp³-hybridized carbons (Fsp3) is 1.00. The average molecular weight is 580 g/mol. The van der Waals surface area contributed by atoms with E-state index in [4.69, 9.17) is 23.2 Å². The van der Waals surface area contributed by atoms with Crippen molar-refractivity contribution in [3.63, 3.8) is 0 Å². The van der Waals surface area contributed by atoms with Crippen molar-refractivity contribution in [2.24, 2.45) is 0 Å². The average Bonchev–Trinajstić information content (AvgIpc) is 2.89. The number of alkyl halides is 2. The third-order valence-electron chi connectivity index (χ3n) is 7.70. The largest absolute Gasteiger partial charge is 0.567 e. The van der Waals surface area contributed by atoms with E-state index in [1.54, 1.807) is 0 Å². The summed E-state index contributed by atoms with van der Waals surface area (Å²) >= 11 is 12.7. The van der Waals surface area contributed by atoms with E-state index in [0.29, 0.717) is 9.72 Å². The molecule has 0 aliphatic heterocycles. The standard InChI is InChI=1S/C32H64Cl2N2O2/c1-3-5-7-9-11-13-15-17-19-21-23-25-27-31(33)29-35(37)36(38)30-32(34)28-26-24-22-20-18-16-14-12-10-8-6-4-2/h31-32H,3-30H2,1-2H3/b36-35-. The molecule has 0 N–H and O–H groups in total. The molecule has 228 valence electrons. The molecule has 0 saturated heterocycles. The molecular formula is C32H64Cl2N2O2. The van der Waals surface area contributed by atoms with E-state index in [-0.39, 0.29) is 23.8 Å². The zero-order valence-corrected chi connectivity index (χ0v) is 26.9. The van der Waals surface area contributed by atoms with Gasteiger partial charge in [-0.05, 0) is 12.8 Å². The molecule has 2 atom stereocenters. The second kappa shape index (κ2) is 29.8. The highest BCUT2D eigenvalue weighted by atomic mass is 35.5. The number of hydrogen-bond donors (Lipinski definition) is 0. The molecule has 38 heavy (non-hydrogen) atoms. The number of hydrogen-bond acceptors (Lipinski definition) is 2. The van der Waals surface area contributed by atoms with E-state index < -0.39 is 0 Å². The summed E-state index contributed by atoms with van der Waals surface area (Å²) in [6.07, 6.45) is 32.9. The van der Waals surface area contributed by atoms with Crippen LogP contribution in [0.2, 0.25) is 0 Å². The first kappa shape index (κ1) is 37.8. The Morgan fingerprint density at radius 2 is 0.605 bits per heavy atom. The van der Waals surface area contributed by atoms with E-state index in [0.717, 1.165) is 38.5 Å². The van der Waals surface area contributed by atoms with Gasteiger partial charge in [0.15, 0.2) is 0 Å². The van der Waals surface area contributed by atoms with E-state index in [2.05, 4.69) is 13.8 Å². The van der Waals surface area contributed by atoms with E-state index in [1.807, 2.05) is 0 Å². The Morgan fingerprint density at radius 3 is 0.842 bits per heavy atom. The van der Waals surface area contributed by atoms with Crippen molar-refractivity contribution in [3.05, 3.63) is 10.4 Å². The van der Waals surface area contributed by atoms with Crippen molar-refractivity contribution in [2.45, 2.75) is 192 Å². The summed E-state index contributed by atoms with van der Waals surface area (Å²) in [7, 11) is 0. The number of hydroxylamine groups is 2. The van der Waals surface area contributed by atoms with Crippen LogP contribution in [0.5, 0.6) is 0 Å². The summed E-state index contributed by atoms with van der Waals surface area (Å²) in [4.78, 5) is 0.936. The summed E-state index contributed by atoms with van der Waals surface area (Å²) in [5, 5.41) is 23.8. The zero-order valence-electron chi connectivity index (χ0n) is 25.4. The maximum atomic E-state index is 12.2. The van der Waals surface area contributed by atoms with Crippen LogP contribution in [-0.2, 0) is 0 Å². The molecular weight excluding hydrogens is 515 g/mol. The van der Waals surface area contributed by atoms with Gasteiger partial charge < -0.3 is 10.4 Å². The van der Waals surface area contributed by atoms with Gasteiger partial charge in [0, 0.05) is 9.72 Å². The molecule has 2 unspecified atom stereocenters. The Morgan fingerprint density at radius 1 is 0.395 bits per heavy atom. The maximum Gasteiger partial charge on any atom is 0.236 e. The van der Waals surface area contributed by atoms with Gasteiger partial charge in [-0.15, -0.1) is 23.2 Å². The number of unbranched alkanes of at least 4 members (excludes halogenated alkanes) is 22. The van der Waals surface area contributed by atoms with Gasteiger partial charge >= 0.3 is 0 Å². The first-order chi connectivity index (χ1) is 18.5. The Labute approximate surface area is 247 Å². The lowest BCUT2D eigenvalue weighted by Gasteiger charge is -2.11. The lowest BCUT2D eigenvalue weighted by atomic mass is 10.0. The zero-order chi connectivity index (χ0) is 28.1. The molecule has 0 spiro atoms. The predicted molar refractivity (Wildman–Crippen MR) is 168 cm³/mol. The lowest BCUT2D eigenvalue weighted by molar-refractivity contribution is -0.969. The molecule has 0 heterocycles. The van der Waals surface area contributed by atoms with Gasteiger partial charge in [-0.25, -0.2) is 0 Å². The Kier molecular flexibility index (Phi) is 29.6. The molecule has 0 saturated carbocycles. The SMILES string of the molecule is CCCCCCCCCCCCCCC(Cl)C/[N+]([O-])=[N+](/[O-])CC(Cl)CCCCCCCCCCCCCC. The van der Waals surface area contributed by atoms with E-state index in [9.17, 15) is 10.4 Å². The number of azo groups is 1. The minimum Gasteiger partial charge on any atom is -0.567 e. The highest BCUT2D eigenvalue weighted by Gasteiger charge is 2.19. The van der Waals surface area contributed by atoms with Gasteiger partial charge in [-0.1, -0.05) is 168 Å². The highest BCUT2D eigenvalue weighted by molar-refractivity contribution is 6.20. The van der Waals surface area contributed by atoms with Crippen molar-refractivity contribution in [3.8, 4) is 0 Å². The topological polar surface area (TPSA) is 52.1 Å². The van der Waals surface area contributed by atoms with Crippen LogP contribution in [0.25, 0.3) is 0 Å². The fourth-order valence-corrected chi connectivity index (χ4v) is 5.66. The molecule has 0 rings (SSSR count). The van der Waals surface area contributed by atoms with Crippen molar-refractivity contribution < 1.29 is 9.72 Å². The Hall–Kier alpha value is -0.220. The molecule has 0 bridgehead atoms. The minimum absolute atomic E-state index is 0.0469. The van der Waals surface area contributed by atoms with Crippen LogP contribution < -0.4 is 0 Å². The van der Waals surface area contributed by atoms with Gasteiger partial charge in [0.25, 0.3) is 0 Å². The quantitative estimate of drug-likeness (QED) is 0.0279. The second-order valence-electron chi connectivity index (χ2n) is 11.6. The summed E-state index contributed by atoms with van der Waals surface area (Å²) in [5.41, 5.74) is 0. The van der Waals surface area contributed by atoms with Crippen molar-refractivity contribution >= 4 is 23.2 Å². The first-order valence-corrected chi connectivity index (χ1v) is 17.6. The van der Waals surface area contributed by atoms with Crippen LogP contribution in [0.4, 0.5) is 0 Å². The molecule has 6 heteroatoms. The molecule has 0 amide bonds. The van der Waals surface area contributed by atoms with Gasteiger partial charge in [0.05, 0.1) is 0 Å². The van der Waals surface area contributed by atoms with Gasteiger partial charge in [0.1, 0.15) is 10.8 Å². The van der Waals surface area contributed by atoms with Crippen molar-refractivity contribution in [2.75, 3.05) is 13.1 Å². The minimum atomic E-state index is -0.280. The Balaban J connectivity index is 3.64. The van der Waals surface area contributed by atoms with E-state index >= 15 is 0 Å². The van der Waals surface area contributed by atoms with E-state index in [1.165, 1.54) is 128 Å². The molecule has 0 aromatic carbocycles. The van der Waals surface area contributed by atoms with Crippen molar-refractivity contribution in [1.29, 1.82) is 0 Å². The molecule has 0 aromatic rings. The van der Waals surface area contributed by atoms with Crippen LogP contribution in [0.1, 0.15) is 181 Å². The number of rotatable bonds is 30. The summed E-state index contributed by atoms with van der Waals surface area (Å²) in [5.74, 6) is 0. The number of halogens is 2. The third kappa shape index (κ3) is 27.4. The maximum absolute atomic E-state index is 12.2. The summed E-state index contributed by atoms with van der Waals surface area (Å²) in [6.45, 7) is 4.62. The molecule has 0 aliphatic carbocycles. The van der Waals surface area contributed by atoms with Crippen LogP contribution in [0, 0.1) is 10.4 Å². The molecule has 0 aliphatic rings. The smallest absolute Gasteiger partial charge is 0.236 e. The predicted octanol–water partition coefficient (Wildman–Crippen LogP) is 11.9. The van der Waals surface area contributed by atoms with Gasteiger partial charge in [-0.2, -0.15) is 0 Å². The molecule has 0 aromatic heterocycles. The van der Waals surface area contributed by atoms with Gasteiger partial charge in [0.2, 0.25) is 13.1 Å². The normalized spacial score (nSPS) is 14.0. The van der Waals surface area contributed by atoms with Crippen LogP contribution >= 0.6 is 23.2 Å². The molecule has 0 radical (unpaired) electrons. The first-order valence-electron chi connectivity index (χ1n) is 16.7. The third-order valence-corrected chi connectivity index (χ3v) is 8.41. The molecule has 4 nitrogen and oxygen atoms in total. The van der Waals surface area contributed by atoms with Crippen LogP contribution in [0.3, 0.4) is 0 Å². The molecule has 0 fully saturated rings. The van der Waals surface area contributed by atoms with Crippen LogP contribution in [0.15, 0.2) is 0 Å². The van der Waals surface area contributed by atoms with Crippen LogP contribution in [-0.4, -0.2) is 33.6 Å². The fourth-order valence-electron chi connectivity index (χ4n) is 5.12. The lowest BCUT2D eigenvalue weighted by Crippen LogP contribution is -2.28. The van der Waals surface area contributed by atoms with Crippen molar-refractivity contribution in [1.82, 2.24) is 0 Å². The monoisotopic (exact) mass is 578 g/mol. The summed E-state index contributed by atoms with van der Waals surface area (Å²) in [6, 6.07) is 0.